The lowest BCUT2D eigenvalue weighted by atomic mass is 10.0. The fraction of sp³-hybridized carbons (Fsp3) is 0.645. The van der Waals surface area contributed by atoms with E-state index in [0.29, 0.717) is 0 Å². The predicted molar refractivity (Wildman–Crippen MR) is 184 cm³/mol. The molecule has 54 heavy (non-hydrogen) atoms. The van der Waals surface area contributed by atoms with E-state index < -0.39 is 152 Å². The Bertz CT molecular complexity index is 1420. The largest absolute Gasteiger partial charge is 0.481 e. The maximum Gasteiger partial charge on any atom is 0.326 e. The van der Waals surface area contributed by atoms with Crippen LogP contribution in [0.1, 0.15) is 72.6 Å². The number of nitrogens with two attached hydrogens (primary N) is 3. The summed E-state index contributed by atoms with van der Waals surface area (Å²) in [6.45, 7) is 5.70. The van der Waals surface area contributed by atoms with Gasteiger partial charge in [-0.25, -0.2) is 4.79 Å². The Morgan fingerprint density at radius 3 is 1.26 bits per heavy atom. The number of aliphatic carboxylic acids is 3. The molecule has 0 aromatic carbocycles. The van der Waals surface area contributed by atoms with Gasteiger partial charge in [0.2, 0.25) is 47.3 Å². The smallest absolute Gasteiger partial charge is 0.326 e. The molecular formula is C31H51N9O14. The summed E-state index contributed by atoms with van der Waals surface area (Å²) in [6, 6.07) is -9.69. The summed E-state index contributed by atoms with van der Waals surface area (Å²) in [5.74, 6) is -13.7. The summed E-state index contributed by atoms with van der Waals surface area (Å²) in [4.78, 5) is 136. The summed E-state index contributed by atoms with van der Waals surface area (Å²) in [5.41, 5.74) is 15.6. The zero-order valence-corrected chi connectivity index (χ0v) is 30.3. The third kappa shape index (κ3) is 19.1. The van der Waals surface area contributed by atoms with Gasteiger partial charge in [-0.15, -0.1) is 0 Å². The molecule has 0 unspecified atom stereocenters. The summed E-state index contributed by atoms with van der Waals surface area (Å²) < 4.78 is 0. The molecule has 0 rings (SSSR count). The molecule has 304 valence electrons. The number of primary amides is 2. The molecule has 0 saturated heterocycles. The number of carboxylic acid groups (broad SMARTS) is 3. The molecule has 0 aliphatic heterocycles. The molecule has 0 bridgehead atoms. The van der Waals surface area contributed by atoms with E-state index in [4.69, 9.17) is 17.2 Å². The second kappa shape index (κ2) is 23.6. The molecule has 0 aromatic heterocycles. The van der Waals surface area contributed by atoms with Crippen molar-refractivity contribution in [3.8, 4) is 0 Å². The second-order valence-electron chi connectivity index (χ2n) is 13.0. The summed E-state index contributed by atoms with van der Waals surface area (Å²) >= 11 is 0. The third-order valence-corrected chi connectivity index (χ3v) is 7.41. The fourth-order valence-corrected chi connectivity index (χ4v) is 4.71. The number of carbonyl (C=O) groups excluding carboxylic acids is 8. The van der Waals surface area contributed by atoms with Gasteiger partial charge in [-0.3, -0.25) is 47.9 Å². The number of amides is 8. The Kier molecular flexibility index (Phi) is 21.1. The maximum absolute atomic E-state index is 13.5. The molecule has 0 fully saturated rings. The minimum atomic E-state index is -1.78. The first-order valence-corrected chi connectivity index (χ1v) is 16.7. The minimum absolute atomic E-state index is 0.0109. The number of rotatable bonds is 26. The van der Waals surface area contributed by atoms with E-state index in [-0.39, 0.29) is 12.3 Å². The van der Waals surface area contributed by atoms with Crippen molar-refractivity contribution in [2.24, 2.45) is 29.0 Å². The van der Waals surface area contributed by atoms with E-state index in [9.17, 15) is 68.1 Å². The molecule has 23 heteroatoms. The Hall–Kier alpha value is -5.87. The number of nitrogens with one attached hydrogen (secondary N) is 6. The monoisotopic (exact) mass is 773 g/mol. The van der Waals surface area contributed by atoms with Crippen molar-refractivity contribution in [2.75, 3.05) is 6.54 Å². The van der Waals surface area contributed by atoms with Gasteiger partial charge in [-0.05, 0) is 31.1 Å². The van der Waals surface area contributed by atoms with Gasteiger partial charge < -0.3 is 64.4 Å². The highest BCUT2D eigenvalue weighted by atomic mass is 16.4. The van der Waals surface area contributed by atoms with Crippen LogP contribution in [0.25, 0.3) is 0 Å². The van der Waals surface area contributed by atoms with E-state index in [1.807, 2.05) is 0 Å². The van der Waals surface area contributed by atoms with Gasteiger partial charge in [0.1, 0.15) is 36.3 Å². The molecule has 0 radical (unpaired) electrons. The van der Waals surface area contributed by atoms with Crippen molar-refractivity contribution in [2.45, 2.75) is 109 Å². The van der Waals surface area contributed by atoms with Crippen molar-refractivity contribution in [3.63, 3.8) is 0 Å². The highest BCUT2D eigenvalue weighted by molar-refractivity contribution is 5.99. The molecule has 23 nitrogen and oxygen atoms in total. The Balaban J connectivity index is 6.34. The fourth-order valence-electron chi connectivity index (χ4n) is 4.71. The van der Waals surface area contributed by atoms with E-state index in [0.717, 1.165) is 0 Å². The lowest BCUT2D eigenvalue weighted by molar-refractivity contribution is -0.143. The number of hydrogen-bond acceptors (Lipinski definition) is 12. The highest BCUT2D eigenvalue weighted by Gasteiger charge is 2.35. The van der Waals surface area contributed by atoms with Gasteiger partial charge in [0.25, 0.3) is 0 Å². The highest BCUT2D eigenvalue weighted by Crippen LogP contribution is 2.10. The van der Waals surface area contributed by atoms with Crippen LogP contribution in [0.5, 0.6) is 0 Å². The summed E-state index contributed by atoms with van der Waals surface area (Å²) in [5, 5.41) is 41.3. The van der Waals surface area contributed by atoms with Gasteiger partial charge in [0.15, 0.2) is 0 Å². The molecule has 0 saturated carbocycles. The lowest BCUT2D eigenvalue weighted by Gasteiger charge is -2.28. The quantitative estimate of drug-likeness (QED) is 0.0392. The average Bonchev–Trinajstić information content (AvgIpc) is 3.04. The van der Waals surface area contributed by atoms with Crippen molar-refractivity contribution in [1.29, 1.82) is 0 Å². The molecule has 0 heterocycles. The van der Waals surface area contributed by atoms with Gasteiger partial charge >= 0.3 is 17.9 Å². The van der Waals surface area contributed by atoms with E-state index in [1.54, 1.807) is 13.8 Å². The summed E-state index contributed by atoms with van der Waals surface area (Å²) in [7, 11) is 0. The van der Waals surface area contributed by atoms with Crippen molar-refractivity contribution in [1.82, 2.24) is 31.9 Å². The SMILES string of the molecule is CC(C)C[C@H](NC(=O)[C@H](CCC(=O)O)NC(=O)[C@H](CCC(=O)O)NC(=O)[C@@H](NC(=O)[C@H](CC(N)=O)NC(=O)[C@H](CC(N)=O)NC(=O)CN)C(C)C)C(=O)O. The molecule has 15 N–H and O–H groups in total. The molecule has 8 amide bonds. The first kappa shape index (κ1) is 48.1. The Morgan fingerprint density at radius 2 is 0.889 bits per heavy atom. The van der Waals surface area contributed by atoms with Crippen LogP contribution >= 0.6 is 0 Å². The molecule has 0 aliphatic rings. The third-order valence-electron chi connectivity index (χ3n) is 7.41. The van der Waals surface area contributed by atoms with Crippen LogP contribution in [0.15, 0.2) is 0 Å². The molecule has 0 aromatic rings. The first-order valence-electron chi connectivity index (χ1n) is 16.7. The maximum atomic E-state index is 13.5. The Labute approximate surface area is 309 Å². The van der Waals surface area contributed by atoms with E-state index in [1.165, 1.54) is 13.8 Å². The molecule has 0 spiro atoms. The van der Waals surface area contributed by atoms with Gasteiger partial charge in [-0.2, -0.15) is 0 Å². The van der Waals surface area contributed by atoms with Gasteiger partial charge in [-0.1, -0.05) is 27.7 Å². The second-order valence-corrected chi connectivity index (χ2v) is 13.0. The molecular weight excluding hydrogens is 722 g/mol. The average molecular weight is 774 g/mol. The van der Waals surface area contributed by atoms with Crippen LogP contribution in [0.2, 0.25) is 0 Å². The number of carbonyl (C=O) groups is 11. The first-order chi connectivity index (χ1) is 25.0. The number of hydrogen-bond donors (Lipinski definition) is 12. The molecule has 6 atom stereocenters. The van der Waals surface area contributed by atoms with Crippen LogP contribution < -0.4 is 49.1 Å². The normalized spacial score (nSPS) is 14.2. The van der Waals surface area contributed by atoms with Gasteiger partial charge in [0, 0.05) is 12.8 Å². The Morgan fingerprint density at radius 1 is 0.519 bits per heavy atom. The number of carboxylic acids is 3. The minimum Gasteiger partial charge on any atom is -0.481 e. The summed E-state index contributed by atoms with van der Waals surface area (Å²) in [6.07, 6.45) is -4.01. The topological polar surface area (TPSA) is 399 Å². The van der Waals surface area contributed by atoms with Crippen molar-refractivity contribution in [3.05, 3.63) is 0 Å². The van der Waals surface area contributed by atoms with Crippen molar-refractivity contribution >= 4 is 65.2 Å². The van der Waals surface area contributed by atoms with Crippen LogP contribution in [-0.2, 0) is 52.7 Å². The van der Waals surface area contributed by atoms with Gasteiger partial charge in [0.05, 0.1) is 19.4 Å². The standard InChI is InChI=1S/C31H51N9O14/c1-13(2)9-19(31(53)54)39-27(49)15(5-7-23(44)45)36-26(48)16(6-8-24(46)47)37-30(52)25(14(3)4)40-29(51)18(11-21(34)42)38-28(50)17(10-20(33)41)35-22(43)12-32/h13-19,25H,5-12,32H2,1-4H3,(H2,33,41)(H2,34,42)(H,35,43)(H,36,48)(H,37,52)(H,38,50)(H,39,49)(H,40,51)(H,44,45)(H,46,47)(H,53,54)/t15-,16-,17-,18-,19-,25-/m0/s1. The van der Waals surface area contributed by atoms with Crippen LogP contribution in [0.4, 0.5) is 0 Å². The zero-order valence-electron chi connectivity index (χ0n) is 30.3. The van der Waals surface area contributed by atoms with Crippen LogP contribution in [0.3, 0.4) is 0 Å². The predicted octanol–water partition coefficient (Wildman–Crippen LogP) is -4.88. The van der Waals surface area contributed by atoms with E-state index >= 15 is 0 Å². The van der Waals surface area contributed by atoms with Crippen molar-refractivity contribution < 1.29 is 68.1 Å². The molecule has 0 aliphatic carbocycles. The zero-order chi connectivity index (χ0) is 41.9. The van der Waals surface area contributed by atoms with Crippen LogP contribution in [-0.4, -0.2) is 123 Å². The van der Waals surface area contributed by atoms with E-state index in [2.05, 4.69) is 31.9 Å². The van der Waals surface area contributed by atoms with Crippen LogP contribution in [0, 0.1) is 11.8 Å². The lowest BCUT2D eigenvalue weighted by Crippen LogP contribution is -2.61.